The van der Waals surface area contributed by atoms with Crippen molar-refractivity contribution in [1.82, 2.24) is 5.43 Å². The van der Waals surface area contributed by atoms with Gasteiger partial charge in [-0.05, 0) is 44.4 Å². The monoisotopic (exact) mass is 224 g/mol. The van der Waals surface area contributed by atoms with E-state index in [0.717, 1.165) is 24.7 Å². The molecule has 2 nitrogen and oxygen atoms in total. The van der Waals surface area contributed by atoms with Gasteiger partial charge in [-0.25, -0.2) is 0 Å². The lowest BCUT2D eigenvalue weighted by Gasteiger charge is -2.34. The van der Waals surface area contributed by atoms with Crippen LogP contribution in [0.4, 0.5) is 0 Å². The summed E-state index contributed by atoms with van der Waals surface area (Å²) in [6.07, 6.45) is 9.09. The van der Waals surface area contributed by atoms with Crippen LogP contribution in [0.25, 0.3) is 0 Å². The highest BCUT2D eigenvalue weighted by atomic mass is 15.2. The van der Waals surface area contributed by atoms with Crippen LogP contribution < -0.4 is 11.3 Å². The standard InChI is InChI=1S/C14H28N2/c1-4-12-6-5-7-13(10-12)14(16-15)9-8-11(2)3/h12-14,16H,2,4-10,15H2,1,3H3. The molecular formula is C14H28N2. The molecule has 0 bridgehead atoms. The minimum atomic E-state index is 0.492. The Morgan fingerprint density at radius 3 is 2.81 bits per heavy atom. The van der Waals surface area contributed by atoms with Crippen LogP contribution in [0.2, 0.25) is 0 Å². The van der Waals surface area contributed by atoms with Gasteiger partial charge in [0.2, 0.25) is 0 Å². The van der Waals surface area contributed by atoms with Crippen LogP contribution in [0.3, 0.4) is 0 Å². The van der Waals surface area contributed by atoms with Gasteiger partial charge in [-0.15, -0.1) is 6.58 Å². The van der Waals surface area contributed by atoms with Crippen LogP contribution in [0, 0.1) is 11.8 Å². The fourth-order valence-electron chi connectivity index (χ4n) is 2.93. The zero-order chi connectivity index (χ0) is 12.0. The predicted molar refractivity (Wildman–Crippen MR) is 70.9 cm³/mol. The van der Waals surface area contributed by atoms with Crippen molar-refractivity contribution < 1.29 is 0 Å². The molecule has 16 heavy (non-hydrogen) atoms. The molecule has 2 heteroatoms. The van der Waals surface area contributed by atoms with Crippen molar-refractivity contribution in [2.75, 3.05) is 0 Å². The molecule has 1 fully saturated rings. The maximum atomic E-state index is 5.70. The normalized spacial score (nSPS) is 27.7. The minimum absolute atomic E-state index is 0.492. The molecule has 1 aliphatic carbocycles. The quantitative estimate of drug-likeness (QED) is 0.412. The first-order valence-corrected chi connectivity index (χ1v) is 6.77. The van der Waals surface area contributed by atoms with Gasteiger partial charge in [0.05, 0.1) is 0 Å². The van der Waals surface area contributed by atoms with Gasteiger partial charge in [0, 0.05) is 6.04 Å². The highest BCUT2D eigenvalue weighted by Gasteiger charge is 2.26. The second-order valence-corrected chi connectivity index (χ2v) is 5.47. The SMILES string of the molecule is C=C(C)CCC(NN)C1CCCC(CC)C1. The molecule has 0 amide bonds. The predicted octanol–water partition coefficient (Wildman–Crippen LogP) is 3.39. The van der Waals surface area contributed by atoms with Crippen LogP contribution in [0.5, 0.6) is 0 Å². The lowest BCUT2D eigenvalue weighted by atomic mass is 9.76. The highest BCUT2D eigenvalue weighted by molar-refractivity contribution is 4.91. The molecule has 0 spiro atoms. The smallest absolute Gasteiger partial charge is 0.0241 e. The summed E-state index contributed by atoms with van der Waals surface area (Å²) < 4.78 is 0. The second kappa shape index (κ2) is 7.08. The zero-order valence-electron chi connectivity index (χ0n) is 11.0. The molecule has 3 N–H and O–H groups in total. The Bertz CT molecular complexity index is 213. The van der Waals surface area contributed by atoms with E-state index in [1.54, 1.807) is 0 Å². The largest absolute Gasteiger partial charge is 0.271 e. The Labute approximate surface area is 101 Å². The van der Waals surface area contributed by atoms with Crippen LogP contribution in [0.1, 0.15) is 58.8 Å². The summed E-state index contributed by atoms with van der Waals surface area (Å²) in [6.45, 7) is 8.38. The summed E-state index contributed by atoms with van der Waals surface area (Å²) in [6, 6.07) is 0.492. The Balaban J connectivity index is 2.41. The summed E-state index contributed by atoms with van der Waals surface area (Å²) in [5.41, 5.74) is 4.30. The number of hydrogen-bond acceptors (Lipinski definition) is 2. The van der Waals surface area contributed by atoms with Crippen LogP contribution in [-0.4, -0.2) is 6.04 Å². The molecule has 1 aliphatic rings. The average Bonchev–Trinajstić information content (AvgIpc) is 2.30. The van der Waals surface area contributed by atoms with Crippen molar-refractivity contribution in [3.05, 3.63) is 12.2 Å². The molecule has 3 unspecified atom stereocenters. The summed E-state index contributed by atoms with van der Waals surface area (Å²) in [5, 5.41) is 0. The maximum Gasteiger partial charge on any atom is 0.0241 e. The van der Waals surface area contributed by atoms with Gasteiger partial charge in [0.1, 0.15) is 0 Å². The van der Waals surface area contributed by atoms with E-state index in [2.05, 4.69) is 25.9 Å². The molecule has 0 aliphatic heterocycles. The number of nitrogens with two attached hydrogens (primary N) is 1. The van der Waals surface area contributed by atoms with Gasteiger partial charge in [-0.3, -0.25) is 11.3 Å². The van der Waals surface area contributed by atoms with Gasteiger partial charge >= 0.3 is 0 Å². The summed E-state index contributed by atoms with van der Waals surface area (Å²) in [7, 11) is 0. The fourth-order valence-corrected chi connectivity index (χ4v) is 2.93. The van der Waals surface area contributed by atoms with Gasteiger partial charge in [-0.2, -0.15) is 0 Å². The molecule has 0 aromatic heterocycles. The van der Waals surface area contributed by atoms with Crippen LogP contribution in [-0.2, 0) is 0 Å². The first kappa shape index (κ1) is 13.7. The molecule has 94 valence electrons. The maximum absolute atomic E-state index is 5.70. The van der Waals surface area contributed by atoms with Gasteiger partial charge in [0.15, 0.2) is 0 Å². The van der Waals surface area contributed by atoms with Crippen molar-refractivity contribution in [3.8, 4) is 0 Å². The van der Waals surface area contributed by atoms with Crippen molar-refractivity contribution >= 4 is 0 Å². The molecule has 0 aromatic carbocycles. The van der Waals surface area contributed by atoms with Crippen LogP contribution in [0.15, 0.2) is 12.2 Å². The van der Waals surface area contributed by atoms with Crippen molar-refractivity contribution in [1.29, 1.82) is 0 Å². The average molecular weight is 224 g/mol. The summed E-state index contributed by atoms with van der Waals surface area (Å²) in [4.78, 5) is 0. The number of allylic oxidation sites excluding steroid dienone is 1. The second-order valence-electron chi connectivity index (χ2n) is 5.47. The van der Waals surface area contributed by atoms with E-state index in [1.807, 2.05) is 0 Å². The third kappa shape index (κ3) is 4.26. The van der Waals surface area contributed by atoms with E-state index in [1.165, 1.54) is 37.7 Å². The number of nitrogens with one attached hydrogen (secondary N) is 1. The van der Waals surface area contributed by atoms with Crippen LogP contribution >= 0.6 is 0 Å². The van der Waals surface area contributed by atoms with E-state index in [-0.39, 0.29) is 0 Å². The van der Waals surface area contributed by atoms with E-state index in [9.17, 15) is 0 Å². The van der Waals surface area contributed by atoms with E-state index >= 15 is 0 Å². The molecule has 3 atom stereocenters. The third-order valence-corrected chi connectivity index (χ3v) is 4.07. The van der Waals surface area contributed by atoms with Gasteiger partial charge in [0.25, 0.3) is 0 Å². The molecule has 1 saturated carbocycles. The Hall–Kier alpha value is -0.340. The summed E-state index contributed by atoms with van der Waals surface area (Å²) >= 11 is 0. The lowest BCUT2D eigenvalue weighted by molar-refractivity contribution is 0.202. The topological polar surface area (TPSA) is 38.0 Å². The zero-order valence-corrected chi connectivity index (χ0v) is 11.0. The first-order chi connectivity index (χ1) is 7.67. The number of hydrazine groups is 1. The Morgan fingerprint density at radius 2 is 2.25 bits per heavy atom. The fraction of sp³-hybridized carbons (Fsp3) is 0.857. The van der Waals surface area contributed by atoms with E-state index in [0.29, 0.717) is 6.04 Å². The molecule has 0 saturated heterocycles. The lowest BCUT2D eigenvalue weighted by Crippen LogP contribution is -2.42. The van der Waals surface area contributed by atoms with E-state index < -0.39 is 0 Å². The summed E-state index contributed by atoms with van der Waals surface area (Å²) in [5.74, 6) is 7.41. The Morgan fingerprint density at radius 1 is 1.50 bits per heavy atom. The molecule has 0 heterocycles. The molecule has 1 rings (SSSR count). The van der Waals surface area contributed by atoms with E-state index in [4.69, 9.17) is 5.84 Å². The molecular weight excluding hydrogens is 196 g/mol. The van der Waals surface area contributed by atoms with Crippen molar-refractivity contribution in [3.63, 3.8) is 0 Å². The number of hydrogen-bond donors (Lipinski definition) is 2. The first-order valence-electron chi connectivity index (χ1n) is 6.77. The van der Waals surface area contributed by atoms with Gasteiger partial charge in [-0.1, -0.05) is 31.8 Å². The number of rotatable bonds is 6. The van der Waals surface area contributed by atoms with Gasteiger partial charge < -0.3 is 0 Å². The molecule has 0 aromatic rings. The Kier molecular flexibility index (Phi) is 6.07. The third-order valence-electron chi connectivity index (χ3n) is 4.07. The van der Waals surface area contributed by atoms with Crippen molar-refractivity contribution in [2.45, 2.75) is 64.8 Å². The highest BCUT2D eigenvalue weighted by Crippen LogP contribution is 2.34. The minimum Gasteiger partial charge on any atom is -0.271 e. The molecule has 0 radical (unpaired) electrons. The van der Waals surface area contributed by atoms with Crippen molar-refractivity contribution in [2.24, 2.45) is 17.7 Å².